The predicted molar refractivity (Wildman–Crippen MR) is 82.5 cm³/mol. The molecule has 1 aromatic heterocycles. The number of rotatable bonds is 5. The molecule has 1 unspecified atom stereocenters. The molecule has 0 amide bonds. The van der Waals surface area contributed by atoms with Crippen LogP contribution in [0.2, 0.25) is 0 Å². The molecule has 104 valence electrons. The fraction of sp³-hybridized carbons (Fsp3) is 0.167. The monoisotopic (exact) mass is 308 g/mol. The Morgan fingerprint density at radius 2 is 2.20 bits per heavy atom. The molecular weight excluding hydrogens is 296 g/mol. The summed E-state index contributed by atoms with van der Waals surface area (Å²) in [5.41, 5.74) is 0.641. The van der Waals surface area contributed by atoms with E-state index in [-0.39, 0.29) is 11.5 Å². The molecule has 6 nitrogen and oxygen atoms in total. The van der Waals surface area contributed by atoms with Crippen LogP contribution < -0.4 is 10.6 Å². The maximum Gasteiger partial charge on any atom is 0.255 e. The molecule has 1 atom stereocenters. The molecule has 0 spiro atoms. The van der Waals surface area contributed by atoms with Crippen molar-refractivity contribution in [2.75, 3.05) is 11.9 Å². The zero-order valence-corrected chi connectivity index (χ0v) is 12.0. The normalized spacial score (nSPS) is 11.6. The fourth-order valence-electron chi connectivity index (χ4n) is 1.61. The third kappa shape index (κ3) is 3.97. The van der Waals surface area contributed by atoms with Crippen molar-refractivity contribution in [3.05, 3.63) is 57.6 Å². The zero-order chi connectivity index (χ0) is 14.4. The number of hydrogen-bond donors (Lipinski definition) is 2. The summed E-state index contributed by atoms with van der Waals surface area (Å²) in [4.78, 5) is 14.8. The molecule has 0 radical (unpaired) electrons. The Bertz CT molecular complexity index is 574. The summed E-state index contributed by atoms with van der Waals surface area (Å²) in [6.07, 6.45) is 1.65. The van der Waals surface area contributed by atoms with Gasteiger partial charge in [-0.05, 0) is 12.2 Å². The van der Waals surface area contributed by atoms with Crippen LogP contribution in [0.3, 0.4) is 0 Å². The minimum atomic E-state index is -0.841. The number of nitrogens with zero attached hydrogens (tertiary/aromatic N) is 2. The highest BCUT2D eigenvalue weighted by Gasteiger charge is 2.22. The summed E-state index contributed by atoms with van der Waals surface area (Å²) in [6.45, 7) is 0.119. The van der Waals surface area contributed by atoms with E-state index >= 15 is 0 Å². The molecule has 0 saturated heterocycles. The maximum absolute atomic E-state index is 11.1. The van der Waals surface area contributed by atoms with Gasteiger partial charge in [0.1, 0.15) is 0 Å². The molecule has 0 aliphatic carbocycles. The Kier molecular flexibility index (Phi) is 4.97. The minimum absolute atomic E-state index is 0.119. The van der Waals surface area contributed by atoms with Gasteiger partial charge in [-0.2, -0.15) is 0 Å². The van der Waals surface area contributed by atoms with Gasteiger partial charge in [0.25, 0.3) is 6.04 Å². The second-order valence-corrected chi connectivity index (χ2v) is 5.19. The Balaban J connectivity index is 1.93. The van der Waals surface area contributed by atoms with Crippen LogP contribution in [0.5, 0.6) is 0 Å². The maximum atomic E-state index is 11.1. The van der Waals surface area contributed by atoms with E-state index in [9.17, 15) is 10.1 Å². The van der Waals surface area contributed by atoms with Gasteiger partial charge in [0.15, 0.2) is 10.2 Å². The molecule has 0 aliphatic rings. The van der Waals surface area contributed by atoms with E-state index in [0.29, 0.717) is 15.8 Å². The first-order valence-corrected chi connectivity index (χ1v) is 7.08. The van der Waals surface area contributed by atoms with E-state index in [2.05, 4.69) is 15.6 Å². The van der Waals surface area contributed by atoms with E-state index < -0.39 is 6.04 Å². The lowest BCUT2D eigenvalue weighted by atomic mass is 10.1. The van der Waals surface area contributed by atoms with Gasteiger partial charge in [-0.25, -0.2) is 4.98 Å². The van der Waals surface area contributed by atoms with Gasteiger partial charge in [-0.15, -0.1) is 11.3 Å². The number of anilines is 1. The Hall–Kier alpha value is -2.06. The highest BCUT2D eigenvalue weighted by atomic mass is 32.1. The molecule has 0 saturated carbocycles. The van der Waals surface area contributed by atoms with Gasteiger partial charge in [0, 0.05) is 22.1 Å². The average Bonchev–Trinajstić information content (AvgIpc) is 2.92. The Labute approximate surface area is 125 Å². The third-order valence-electron chi connectivity index (χ3n) is 2.55. The SMILES string of the molecule is O=[N+]([O-])C(CNC(=S)Nc1nccs1)c1ccccc1. The van der Waals surface area contributed by atoms with Gasteiger partial charge < -0.3 is 10.6 Å². The highest BCUT2D eigenvalue weighted by Crippen LogP contribution is 2.15. The standard InChI is InChI=1S/C12H12N4O2S2/c17-16(18)10(9-4-2-1-3-5-9)8-14-11(19)15-12-13-6-7-20-12/h1-7,10H,8H2,(H2,13,14,15,19). The minimum Gasteiger partial charge on any atom is -0.355 e. The molecule has 1 aromatic carbocycles. The van der Waals surface area contributed by atoms with Crippen LogP contribution in [0.1, 0.15) is 11.6 Å². The number of thiazole rings is 1. The van der Waals surface area contributed by atoms with Crippen molar-refractivity contribution in [2.24, 2.45) is 0 Å². The van der Waals surface area contributed by atoms with Crippen molar-refractivity contribution in [3.8, 4) is 0 Å². The molecule has 0 fully saturated rings. The van der Waals surface area contributed by atoms with Crippen molar-refractivity contribution in [1.82, 2.24) is 10.3 Å². The van der Waals surface area contributed by atoms with Gasteiger partial charge >= 0.3 is 0 Å². The Morgan fingerprint density at radius 3 is 2.80 bits per heavy atom. The number of benzene rings is 1. The lowest BCUT2D eigenvalue weighted by Crippen LogP contribution is -2.34. The van der Waals surface area contributed by atoms with E-state index in [1.165, 1.54) is 11.3 Å². The summed E-state index contributed by atoms with van der Waals surface area (Å²) >= 11 is 6.48. The van der Waals surface area contributed by atoms with Crippen molar-refractivity contribution in [1.29, 1.82) is 0 Å². The van der Waals surface area contributed by atoms with E-state index in [0.717, 1.165) is 0 Å². The summed E-state index contributed by atoms with van der Waals surface area (Å²) in [6, 6.07) is 7.99. The number of hydrogen-bond acceptors (Lipinski definition) is 5. The van der Waals surface area contributed by atoms with Gasteiger partial charge in [0.2, 0.25) is 0 Å². The van der Waals surface area contributed by atoms with Gasteiger partial charge in [-0.3, -0.25) is 10.1 Å². The average molecular weight is 308 g/mol. The molecule has 2 aromatic rings. The lowest BCUT2D eigenvalue weighted by Gasteiger charge is -2.12. The van der Waals surface area contributed by atoms with Crippen LogP contribution in [0.25, 0.3) is 0 Å². The van der Waals surface area contributed by atoms with Crippen molar-refractivity contribution >= 4 is 33.8 Å². The summed E-state index contributed by atoms with van der Waals surface area (Å²) in [5, 5.41) is 19.6. The van der Waals surface area contributed by atoms with Crippen LogP contribution >= 0.6 is 23.6 Å². The second kappa shape index (κ2) is 6.92. The summed E-state index contributed by atoms with van der Waals surface area (Å²) in [5.74, 6) is 0. The third-order valence-corrected chi connectivity index (χ3v) is 3.48. The second-order valence-electron chi connectivity index (χ2n) is 3.88. The smallest absolute Gasteiger partial charge is 0.255 e. The van der Waals surface area contributed by atoms with Crippen LogP contribution in [0.15, 0.2) is 41.9 Å². The molecule has 0 bridgehead atoms. The number of nitro groups is 1. The quantitative estimate of drug-likeness (QED) is 0.502. The molecule has 2 N–H and O–H groups in total. The first-order chi connectivity index (χ1) is 9.66. The molecule has 0 aliphatic heterocycles. The molecule has 2 rings (SSSR count). The van der Waals surface area contributed by atoms with E-state index in [1.54, 1.807) is 30.5 Å². The van der Waals surface area contributed by atoms with Crippen LogP contribution in [0, 0.1) is 10.1 Å². The van der Waals surface area contributed by atoms with Crippen molar-refractivity contribution in [3.63, 3.8) is 0 Å². The molecule has 1 heterocycles. The van der Waals surface area contributed by atoms with Crippen molar-refractivity contribution < 1.29 is 4.92 Å². The van der Waals surface area contributed by atoms with Crippen LogP contribution in [0.4, 0.5) is 5.13 Å². The fourth-order valence-corrected chi connectivity index (χ4v) is 2.38. The van der Waals surface area contributed by atoms with Crippen LogP contribution in [-0.2, 0) is 0 Å². The van der Waals surface area contributed by atoms with Gasteiger partial charge in [-0.1, -0.05) is 30.3 Å². The molecular formula is C12H12N4O2S2. The number of thiocarbonyl (C=S) groups is 1. The Morgan fingerprint density at radius 1 is 1.45 bits per heavy atom. The highest BCUT2D eigenvalue weighted by molar-refractivity contribution is 7.80. The lowest BCUT2D eigenvalue weighted by molar-refractivity contribution is -0.526. The summed E-state index contributed by atoms with van der Waals surface area (Å²) in [7, 11) is 0. The van der Waals surface area contributed by atoms with Gasteiger partial charge in [0.05, 0.1) is 6.54 Å². The van der Waals surface area contributed by atoms with E-state index in [1.807, 2.05) is 11.4 Å². The number of nitrogens with one attached hydrogen (secondary N) is 2. The largest absolute Gasteiger partial charge is 0.355 e. The zero-order valence-electron chi connectivity index (χ0n) is 10.4. The van der Waals surface area contributed by atoms with Crippen LogP contribution in [-0.4, -0.2) is 21.6 Å². The van der Waals surface area contributed by atoms with Crippen molar-refractivity contribution in [2.45, 2.75) is 6.04 Å². The first kappa shape index (κ1) is 14.4. The summed E-state index contributed by atoms with van der Waals surface area (Å²) < 4.78 is 0. The molecule has 8 heteroatoms. The predicted octanol–water partition coefficient (Wildman–Crippen LogP) is 2.45. The first-order valence-electron chi connectivity index (χ1n) is 5.79. The number of aromatic nitrogens is 1. The topological polar surface area (TPSA) is 80.1 Å². The molecule has 20 heavy (non-hydrogen) atoms. The van der Waals surface area contributed by atoms with E-state index in [4.69, 9.17) is 12.2 Å².